The van der Waals surface area contributed by atoms with Gasteiger partial charge in [-0.1, -0.05) is 51.0 Å². The van der Waals surface area contributed by atoms with Crippen LogP contribution in [0.25, 0.3) is 0 Å². The van der Waals surface area contributed by atoms with Gasteiger partial charge in [0, 0.05) is 27.9 Å². The lowest BCUT2D eigenvalue weighted by Gasteiger charge is -2.24. The molecule has 0 amide bonds. The monoisotopic (exact) mass is 335 g/mol. The van der Waals surface area contributed by atoms with Gasteiger partial charge in [0.25, 0.3) is 0 Å². The van der Waals surface area contributed by atoms with Crippen LogP contribution in [0.15, 0.2) is 30.3 Å². The fourth-order valence-corrected chi connectivity index (χ4v) is 3.65. The SMILES string of the molecule is CCCCc1cc(N)c(CCCC)c2c1C(=O)c1ccccc1C2=O. The molecule has 0 radical (unpaired) electrons. The molecule has 3 nitrogen and oxygen atoms in total. The number of hydrogen-bond donors (Lipinski definition) is 1. The minimum atomic E-state index is -0.0543. The van der Waals surface area contributed by atoms with E-state index >= 15 is 0 Å². The zero-order valence-electron chi connectivity index (χ0n) is 15.0. The summed E-state index contributed by atoms with van der Waals surface area (Å²) in [6.07, 6.45) is 5.49. The second-order valence-electron chi connectivity index (χ2n) is 6.76. The minimum Gasteiger partial charge on any atom is -0.398 e. The molecule has 25 heavy (non-hydrogen) atoms. The van der Waals surface area contributed by atoms with Crippen molar-refractivity contribution in [1.82, 2.24) is 0 Å². The molecule has 0 bridgehead atoms. The molecule has 1 aliphatic rings. The minimum absolute atomic E-state index is 0.0333. The van der Waals surface area contributed by atoms with Crippen molar-refractivity contribution < 1.29 is 9.59 Å². The van der Waals surface area contributed by atoms with Crippen LogP contribution in [0.5, 0.6) is 0 Å². The molecule has 0 fully saturated rings. The molecule has 0 atom stereocenters. The molecule has 0 spiro atoms. The Morgan fingerprint density at radius 1 is 0.840 bits per heavy atom. The number of hydrogen-bond acceptors (Lipinski definition) is 3. The zero-order valence-corrected chi connectivity index (χ0v) is 15.0. The molecule has 1 aliphatic carbocycles. The number of nitrogen functional groups attached to an aromatic ring is 1. The van der Waals surface area contributed by atoms with Crippen LogP contribution in [0.2, 0.25) is 0 Å². The molecule has 0 aromatic heterocycles. The lowest BCUT2D eigenvalue weighted by Crippen LogP contribution is -2.25. The molecule has 2 aromatic rings. The Morgan fingerprint density at radius 2 is 1.40 bits per heavy atom. The number of benzene rings is 2. The predicted molar refractivity (Wildman–Crippen MR) is 101 cm³/mol. The van der Waals surface area contributed by atoms with Gasteiger partial charge in [-0.3, -0.25) is 9.59 Å². The lowest BCUT2D eigenvalue weighted by molar-refractivity contribution is 0.0977. The van der Waals surface area contributed by atoms with E-state index < -0.39 is 0 Å². The normalized spacial score (nSPS) is 12.9. The quantitative estimate of drug-likeness (QED) is 0.663. The summed E-state index contributed by atoms with van der Waals surface area (Å²) in [4.78, 5) is 26.4. The van der Waals surface area contributed by atoms with Crippen molar-refractivity contribution >= 4 is 17.3 Å². The number of nitrogens with two attached hydrogens (primary N) is 1. The number of unbranched alkanes of at least 4 members (excludes halogenated alkanes) is 2. The Balaban J connectivity index is 2.25. The van der Waals surface area contributed by atoms with E-state index in [-0.39, 0.29) is 11.6 Å². The second-order valence-corrected chi connectivity index (χ2v) is 6.76. The van der Waals surface area contributed by atoms with E-state index in [1.165, 1.54) is 0 Å². The number of fused-ring (bicyclic) bond motifs is 2. The predicted octanol–water partition coefficient (Wildman–Crippen LogP) is 4.73. The largest absolute Gasteiger partial charge is 0.398 e. The average Bonchev–Trinajstić information content (AvgIpc) is 2.63. The number of carbonyl (C=O) groups is 2. The maximum atomic E-state index is 13.2. The van der Waals surface area contributed by atoms with Crippen molar-refractivity contribution in [2.75, 3.05) is 5.73 Å². The van der Waals surface area contributed by atoms with Gasteiger partial charge in [0.05, 0.1) is 0 Å². The van der Waals surface area contributed by atoms with Crippen LogP contribution >= 0.6 is 0 Å². The molecular weight excluding hydrogens is 310 g/mol. The van der Waals surface area contributed by atoms with Gasteiger partial charge in [0.15, 0.2) is 11.6 Å². The smallest absolute Gasteiger partial charge is 0.194 e. The summed E-state index contributed by atoms with van der Waals surface area (Å²) in [6, 6.07) is 9.06. The molecular formula is C22H25NO2. The van der Waals surface area contributed by atoms with Gasteiger partial charge in [-0.15, -0.1) is 0 Å². The summed E-state index contributed by atoms with van der Waals surface area (Å²) in [5.74, 6) is -0.0876. The van der Waals surface area contributed by atoms with E-state index in [4.69, 9.17) is 5.73 Å². The van der Waals surface area contributed by atoms with Crippen LogP contribution < -0.4 is 5.73 Å². The molecule has 0 unspecified atom stereocenters. The number of anilines is 1. The van der Waals surface area contributed by atoms with Crippen LogP contribution in [0.4, 0.5) is 5.69 Å². The Kier molecular flexibility index (Phi) is 5.03. The van der Waals surface area contributed by atoms with Crippen LogP contribution in [-0.2, 0) is 12.8 Å². The third kappa shape index (κ3) is 2.99. The Bertz CT molecular complexity index is 836. The van der Waals surface area contributed by atoms with Crippen molar-refractivity contribution in [3.8, 4) is 0 Å². The second kappa shape index (κ2) is 7.22. The van der Waals surface area contributed by atoms with Gasteiger partial charge in [-0.25, -0.2) is 0 Å². The molecule has 130 valence electrons. The molecule has 2 N–H and O–H groups in total. The van der Waals surface area contributed by atoms with E-state index in [1.807, 2.05) is 18.2 Å². The number of carbonyl (C=O) groups excluding carboxylic acids is 2. The van der Waals surface area contributed by atoms with Crippen LogP contribution in [0.1, 0.15) is 82.5 Å². The third-order valence-electron chi connectivity index (χ3n) is 5.00. The first kappa shape index (κ1) is 17.4. The number of rotatable bonds is 6. The molecule has 3 rings (SSSR count). The van der Waals surface area contributed by atoms with E-state index in [1.54, 1.807) is 12.1 Å². The van der Waals surface area contributed by atoms with Crippen LogP contribution in [0, 0.1) is 0 Å². The summed E-state index contributed by atoms with van der Waals surface area (Å²) < 4.78 is 0. The first-order chi connectivity index (χ1) is 12.1. The molecule has 0 aliphatic heterocycles. The summed E-state index contributed by atoms with van der Waals surface area (Å²) in [5.41, 5.74) is 10.9. The molecule has 0 heterocycles. The molecule has 3 heteroatoms. The third-order valence-corrected chi connectivity index (χ3v) is 5.00. The van der Waals surface area contributed by atoms with Gasteiger partial charge in [-0.2, -0.15) is 0 Å². The van der Waals surface area contributed by atoms with Crippen molar-refractivity contribution in [2.24, 2.45) is 0 Å². The van der Waals surface area contributed by atoms with E-state index in [0.717, 1.165) is 49.7 Å². The van der Waals surface area contributed by atoms with E-state index in [2.05, 4.69) is 13.8 Å². The first-order valence-corrected chi connectivity index (χ1v) is 9.22. The molecule has 2 aromatic carbocycles. The maximum absolute atomic E-state index is 13.2. The maximum Gasteiger partial charge on any atom is 0.194 e. The zero-order chi connectivity index (χ0) is 18.0. The van der Waals surface area contributed by atoms with Gasteiger partial charge in [-0.05, 0) is 42.9 Å². The van der Waals surface area contributed by atoms with E-state index in [9.17, 15) is 9.59 Å². The lowest BCUT2D eigenvalue weighted by atomic mass is 9.77. The molecule has 0 saturated carbocycles. The topological polar surface area (TPSA) is 60.2 Å². The number of ketones is 2. The van der Waals surface area contributed by atoms with Crippen LogP contribution in [-0.4, -0.2) is 11.6 Å². The van der Waals surface area contributed by atoms with E-state index in [0.29, 0.717) is 27.9 Å². The highest BCUT2D eigenvalue weighted by molar-refractivity contribution is 6.29. The highest BCUT2D eigenvalue weighted by Gasteiger charge is 2.34. The van der Waals surface area contributed by atoms with Gasteiger partial charge < -0.3 is 5.73 Å². The highest BCUT2D eigenvalue weighted by atomic mass is 16.1. The summed E-state index contributed by atoms with van der Waals surface area (Å²) in [6.45, 7) is 4.23. The average molecular weight is 335 g/mol. The van der Waals surface area contributed by atoms with Crippen molar-refractivity contribution in [1.29, 1.82) is 0 Å². The summed E-state index contributed by atoms with van der Waals surface area (Å²) in [5, 5.41) is 0. The van der Waals surface area contributed by atoms with Crippen molar-refractivity contribution in [3.63, 3.8) is 0 Å². The van der Waals surface area contributed by atoms with Gasteiger partial charge in [0.1, 0.15) is 0 Å². The van der Waals surface area contributed by atoms with Crippen molar-refractivity contribution in [3.05, 3.63) is 63.7 Å². The van der Waals surface area contributed by atoms with Crippen LogP contribution in [0.3, 0.4) is 0 Å². The standard InChI is InChI=1S/C22H25NO2/c1-3-5-9-14-13-18(23)17(10-6-4-2)20-19(14)21(24)15-11-7-8-12-16(15)22(20)25/h7-8,11-13H,3-6,9-10,23H2,1-2H3. The van der Waals surface area contributed by atoms with Gasteiger partial charge >= 0.3 is 0 Å². The summed E-state index contributed by atoms with van der Waals surface area (Å²) >= 11 is 0. The fraction of sp³-hybridized carbons (Fsp3) is 0.364. The van der Waals surface area contributed by atoms with Gasteiger partial charge in [0.2, 0.25) is 0 Å². The van der Waals surface area contributed by atoms with Crippen molar-refractivity contribution in [2.45, 2.75) is 52.4 Å². The number of aryl methyl sites for hydroxylation is 1. The highest BCUT2D eigenvalue weighted by Crippen LogP contribution is 2.36. The molecule has 0 saturated heterocycles. The Morgan fingerprint density at radius 3 is 2.00 bits per heavy atom. The Hall–Kier alpha value is -2.42. The Labute approximate surface area is 149 Å². The fourth-order valence-electron chi connectivity index (χ4n) is 3.65. The first-order valence-electron chi connectivity index (χ1n) is 9.22. The summed E-state index contributed by atoms with van der Waals surface area (Å²) in [7, 11) is 0.